The fourth-order valence-corrected chi connectivity index (χ4v) is 2.86. The Morgan fingerprint density at radius 3 is 2.83 bits per heavy atom. The van der Waals surface area contributed by atoms with Gasteiger partial charge in [-0.3, -0.25) is 4.79 Å². The molecular weight excluding hydrogens is 224 g/mol. The van der Waals surface area contributed by atoms with Gasteiger partial charge >= 0.3 is 0 Å². The number of anilines is 1. The van der Waals surface area contributed by atoms with E-state index in [2.05, 4.69) is 48.3 Å². The van der Waals surface area contributed by atoms with Crippen LogP contribution in [-0.4, -0.2) is 25.5 Å². The summed E-state index contributed by atoms with van der Waals surface area (Å²) >= 11 is 0. The van der Waals surface area contributed by atoms with Crippen molar-refractivity contribution in [2.75, 3.05) is 24.5 Å². The van der Waals surface area contributed by atoms with Crippen LogP contribution < -0.4 is 10.2 Å². The molecule has 1 aliphatic heterocycles. The maximum absolute atomic E-state index is 11.0. The molecule has 1 unspecified atom stereocenters. The van der Waals surface area contributed by atoms with Crippen LogP contribution in [-0.2, 0) is 10.2 Å². The lowest BCUT2D eigenvalue weighted by atomic mass is 9.81. The van der Waals surface area contributed by atoms with Gasteiger partial charge in [-0.1, -0.05) is 25.1 Å². The molecule has 1 aromatic carbocycles. The molecular formula is C15H22N2O. The number of nitrogens with zero attached hydrogens (tertiary/aromatic N) is 1. The first-order valence-corrected chi connectivity index (χ1v) is 6.66. The van der Waals surface area contributed by atoms with E-state index in [1.54, 1.807) is 6.92 Å². The second-order valence-electron chi connectivity index (χ2n) is 5.32. The number of likely N-dealkylation sites (N-methyl/N-ethyl adjacent to an activating group) is 1. The number of amides is 1. The Kier molecular flexibility index (Phi) is 3.60. The molecule has 0 bridgehead atoms. The number of hydrogen-bond donors (Lipinski definition) is 1. The fraction of sp³-hybridized carbons (Fsp3) is 0.533. The van der Waals surface area contributed by atoms with E-state index in [4.69, 9.17) is 0 Å². The van der Waals surface area contributed by atoms with Crippen LogP contribution in [0, 0.1) is 0 Å². The van der Waals surface area contributed by atoms with Crippen LogP contribution in [0.3, 0.4) is 0 Å². The zero-order chi connectivity index (χ0) is 13.2. The van der Waals surface area contributed by atoms with E-state index >= 15 is 0 Å². The minimum absolute atomic E-state index is 0.0530. The van der Waals surface area contributed by atoms with Gasteiger partial charge in [0.2, 0.25) is 5.91 Å². The zero-order valence-corrected chi connectivity index (χ0v) is 11.5. The Morgan fingerprint density at radius 2 is 2.17 bits per heavy atom. The molecule has 1 amide bonds. The normalized spacial score (nSPS) is 21.8. The van der Waals surface area contributed by atoms with Gasteiger partial charge in [0.05, 0.1) is 0 Å². The van der Waals surface area contributed by atoms with E-state index in [0.717, 1.165) is 26.1 Å². The lowest BCUT2D eigenvalue weighted by Gasteiger charge is -2.26. The standard InChI is InChI=1S/C15H22N2O/c1-4-17-11-15(3,9-10-16-12(2)18)13-7-5-6-8-14(13)17/h5-8H,4,9-11H2,1-3H3,(H,16,18). The summed E-state index contributed by atoms with van der Waals surface area (Å²) in [5.74, 6) is 0.0530. The van der Waals surface area contributed by atoms with Crippen LogP contribution in [0.25, 0.3) is 0 Å². The lowest BCUT2D eigenvalue weighted by Crippen LogP contribution is -2.34. The first-order valence-electron chi connectivity index (χ1n) is 6.66. The highest BCUT2D eigenvalue weighted by Crippen LogP contribution is 2.42. The molecule has 3 heteroatoms. The van der Waals surface area contributed by atoms with E-state index in [1.165, 1.54) is 11.3 Å². The summed E-state index contributed by atoms with van der Waals surface area (Å²) in [4.78, 5) is 13.4. The number of nitrogens with one attached hydrogen (secondary N) is 1. The summed E-state index contributed by atoms with van der Waals surface area (Å²) in [6.07, 6.45) is 0.986. The van der Waals surface area contributed by atoms with Crippen LogP contribution >= 0.6 is 0 Å². The maximum Gasteiger partial charge on any atom is 0.216 e. The Balaban J connectivity index is 2.16. The van der Waals surface area contributed by atoms with Crippen molar-refractivity contribution < 1.29 is 4.79 Å². The maximum atomic E-state index is 11.0. The van der Waals surface area contributed by atoms with Gasteiger partial charge < -0.3 is 10.2 Å². The first-order chi connectivity index (χ1) is 8.57. The van der Waals surface area contributed by atoms with E-state index in [9.17, 15) is 4.79 Å². The Labute approximate surface area is 109 Å². The second kappa shape index (κ2) is 5.01. The SMILES string of the molecule is CCN1CC(C)(CCNC(C)=O)c2ccccc21. The molecule has 2 rings (SSSR count). The van der Waals surface area contributed by atoms with Crippen LogP contribution in [0.4, 0.5) is 5.69 Å². The van der Waals surface area contributed by atoms with Crippen molar-refractivity contribution in [3.05, 3.63) is 29.8 Å². The molecule has 1 N–H and O–H groups in total. The topological polar surface area (TPSA) is 32.3 Å². The third kappa shape index (κ3) is 2.35. The van der Waals surface area contributed by atoms with Gasteiger partial charge in [-0.05, 0) is 25.0 Å². The molecule has 98 valence electrons. The van der Waals surface area contributed by atoms with Crippen LogP contribution in [0.2, 0.25) is 0 Å². The van der Waals surface area contributed by atoms with Crippen molar-refractivity contribution in [3.8, 4) is 0 Å². The van der Waals surface area contributed by atoms with Gasteiger partial charge in [0.25, 0.3) is 0 Å². The van der Waals surface area contributed by atoms with E-state index in [1.807, 2.05) is 0 Å². The summed E-state index contributed by atoms with van der Waals surface area (Å²) in [5, 5.41) is 2.90. The number of benzene rings is 1. The van der Waals surface area contributed by atoms with Crippen molar-refractivity contribution in [3.63, 3.8) is 0 Å². The van der Waals surface area contributed by atoms with Crippen LogP contribution in [0.1, 0.15) is 32.8 Å². The summed E-state index contributed by atoms with van der Waals surface area (Å²) < 4.78 is 0. The fourth-order valence-electron chi connectivity index (χ4n) is 2.86. The molecule has 0 radical (unpaired) electrons. The summed E-state index contributed by atoms with van der Waals surface area (Å²) in [6, 6.07) is 8.62. The number of hydrogen-bond acceptors (Lipinski definition) is 2. The zero-order valence-electron chi connectivity index (χ0n) is 11.5. The molecule has 1 heterocycles. The third-order valence-corrected chi connectivity index (χ3v) is 3.87. The summed E-state index contributed by atoms with van der Waals surface area (Å²) in [6.45, 7) is 8.88. The number of para-hydroxylation sites is 1. The van der Waals surface area contributed by atoms with Gasteiger partial charge in [0.15, 0.2) is 0 Å². The minimum Gasteiger partial charge on any atom is -0.371 e. The van der Waals surface area contributed by atoms with Crippen molar-refractivity contribution in [2.45, 2.75) is 32.6 Å². The molecule has 1 atom stereocenters. The highest BCUT2D eigenvalue weighted by atomic mass is 16.1. The predicted octanol–water partition coefficient (Wildman–Crippen LogP) is 2.31. The van der Waals surface area contributed by atoms with Gasteiger partial charge in [-0.2, -0.15) is 0 Å². The van der Waals surface area contributed by atoms with Crippen molar-refractivity contribution in [1.82, 2.24) is 5.32 Å². The molecule has 1 aromatic rings. The van der Waals surface area contributed by atoms with E-state index in [-0.39, 0.29) is 11.3 Å². The average molecular weight is 246 g/mol. The molecule has 0 saturated carbocycles. The highest BCUT2D eigenvalue weighted by Gasteiger charge is 2.37. The Morgan fingerprint density at radius 1 is 1.44 bits per heavy atom. The molecule has 3 nitrogen and oxygen atoms in total. The van der Waals surface area contributed by atoms with Crippen molar-refractivity contribution >= 4 is 11.6 Å². The Bertz CT molecular complexity index is 444. The van der Waals surface area contributed by atoms with Crippen molar-refractivity contribution in [2.24, 2.45) is 0 Å². The third-order valence-electron chi connectivity index (χ3n) is 3.87. The largest absolute Gasteiger partial charge is 0.371 e. The molecule has 18 heavy (non-hydrogen) atoms. The molecule has 0 spiro atoms. The van der Waals surface area contributed by atoms with Crippen molar-refractivity contribution in [1.29, 1.82) is 0 Å². The van der Waals surface area contributed by atoms with Gasteiger partial charge in [0.1, 0.15) is 0 Å². The highest BCUT2D eigenvalue weighted by molar-refractivity contribution is 5.72. The molecule has 0 aromatic heterocycles. The first kappa shape index (κ1) is 12.9. The minimum atomic E-state index is 0.0530. The van der Waals surface area contributed by atoms with Crippen LogP contribution in [0.5, 0.6) is 0 Å². The van der Waals surface area contributed by atoms with Gasteiger partial charge in [-0.15, -0.1) is 0 Å². The second-order valence-corrected chi connectivity index (χ2v) is 5.32. The lowest BCUT2D eigenvalue weighted by molar-refractivity contribution is -0.119. The molecule has 0 saturated heterocycles. The number of rotatable bonds is 4. The number of fused-ring (bicyclic) bond motifs is 1. The van der Waals surface area contributed by atoms with E-state index < -0.39 is 0 Å². The van der Waals surface area contributed by atoms with Gasteiger partial charge in [-0.25, -0.2) is 0 Å². The summed E-state index contributed by atoms with van der Waals surface area (Å²) in [5.41, 5.74) is 2.91. The average Bonchev–Trinajstić information content (AvgIpc) is 2.63. The molecule has 0 aliphatic carbocycles. The Hall–Kier alpha value is -1.51. The number of carbonyl (C=O) groups excluding carboxylic acids is 1. The smallest absolute Gasteiger partial charge is 0.216 e. The monoisotopic (exact) mass is 246 g/mol. The van der Waals surface area contributed by atoms with Crippen LogP contribution in [0.15, 0.2) is 24.3 Å². The number of carbonyl (C=O) groups is 1. The quantitative estimate of drug-likeness (QED) is 0.884. The summed E-state index contributed by atoms with van der Waals surface area (Å²) in [7, 11) is 0. The molecule has 1 aliphatic rings. The predicted molar refractivity (Wildman–Crippen MR) is 75.0 cm³/mol. The van der Waals surface area contributed by atoms with Gasteiger partial charge in [0, 0.05) is 37.7 Å². The van der Waals surface area contributed by atoms with E-state index in [0.29, 0.717) is 0 Å². The molecule has 0 fully saturated rings.